The molecule has 1 amide bonds. The first-order chi connectivity index (χ1) is 13.9. The topological polar surface area (TPSA) is 84.2 Å². The lowest BCUT2D eigenvalue weighted by atomic mass is 10.1. The lowest BCUT2D eigenvalue weighted by molar-refractivity contribution is -0.116. The van der Waals surface area contributed by atoms with E-state index in [1.54, 1.807) is 43.3 Å². The Morgan fingerprint density at radius 1 is 1.17 bits per heavy atom. The van der Waals surface area contributed by atoms with Crippen LogP contribution in [-0.2, 0) is 17.8 Å². The summed E-state index contributed by atoms with van der Waals surface area (Å²) in [5, 5.41) is 12.6. The second kappa shape index (κ2) is 9.35. The highest BCUT2D eigenvalue weighted by Gasteiger charge is 2.17. The van der Waals surface area contributed by atoms with Gasteiger partial charge in [-0.1, -0.05) is 27.5 Å². The zero-order valence-electron chi connectivity index (χ0n) is 15.7. The maximum atomic E-state index is 13.1. The largest absolute Gasteiger partial charge is 0.396 e. The van der Waals surface area contributed by atoms with Crippen LogP contribution in [-0.4, -0.2) is 27.2 Å². The van der Waals surface area contributed by atoms with Crippen LogP contribution in [0.3, 0.4) is 0 Å². The summed E-state index contributed by atoms with van der Waals surface area (Å²) in [5.41, 5.74) is 1.86. The number of nitrogens with zero attached hydrogens (tertiary/aromatic N) is 2. The van der Waals surface area contributed by atoms with E-state index in [4.69, 9.17) is 11.6 Å². The predicted molar refractivity (Wildman–Crippen MR) is 117 cm³/mol. The van der Waals surface area contributed by atoms with Crippen molar-refractivity contribution in [2.75, 3.05) is 11.9 Å². The predicted octanol–water partition coefficient (Wildman–Crippen LogP) is 3.81. The van der Waals surface area contributed by atoms with Gasteiger partial charge in [0.2, 0.25) is 5.91 Å². The summed E-state index contributed by atoms with van der Waals surface area (Å²) in [4.78, 5) is 30.2. The van der Waals surface area contributed by atoms with Gasteiger partial charge in [0.1, 0.15) is 12.4 Å². The van der Waals surface area contributed by atoms with Crippen molar-refractivity contribution in [3.05, 3.63) is 79.6 Å². The quantitative estimate of drug-likeness (QED) is 0.567. The van der Waals surface area contributed by atoms with Gasteiger partial charge in [-0.3, -0.25) is 14.2 Å². The normalized spacial score (nSPS) is 10.8. The smallest absolute Gasteiger partial charge is 0.257 e. The summed E-state index contributed by atoms with van der Waals surface area (Å²) in [6, 6.07) is 14.0. The van der Waals surface area contributed by atoms with Crippen LogP contribution in [0.15, 0.2) is 57.8 Å². The minimum atomic E-state index is -0.356. The molecular weight excluding hydrogens is 458 g/mol. The molecular formula is C21H19BrClN3O3. The van der Waals surface area contributed by atoms with Crippen LogP contribution in [0.5, 0.6) is 0 Å². The fourth-order valence-electron chi connectivity index (χ4n) is 2.94. The van der Waals surface area contributed by atoms with Crippen molar-refractivity contribution in [3.63, 3.8) is 0 Å². The zero-order chi connectivity index (χ0) is 21.0. The van der Waals surface area contributed by atoms with Gasteiger partial charge in [0.25, 0.3) is 5.56 Å². The molecule has 3 rings (SSSR count). The number of nitrogens with one attached hydrogen (secondary N) is 1. The van der Waals surface area contributed by atoms with E-state index in [1.165, 1.54) is 4.57 Å². The van der Waals surface area contributed by atoms with Crippen LogP contribution < -0.4 is 10.9 Å². The van der Waals surface area contributed by atoms with E-state index in [9.17, 15) is 14.7 Å². The minimum Gasteiger partial charge on any atom is -0.396 e. The number of benzene rings is 2. The molecule has 3 aromatic rings. The summed E-state index contributed by atoms with van der Waals surface area (Å²) in [6.07, 6.45) is 0.174. The second-order valence-electron chi connectivity index (χ2n) is 6.43. The highest BCUT2D eigenvalue weighted by molar-refractivity contribution is 9.10. The van der Waals surface area contributed by atoms with E-state index < -0.39 is 0 Å². The summed E-state index contributed by atoms with van der Waals surface area (Å²) >= 11 is 9.32. The number of aryl methyl sites for hydroxylation is 1. The summed E-state index contributed by atoms with van der Waals surface area (Å²) in [7, 11) is 0. The summed E-state index contributed by atoms with van der Waals surface area (Å²) < 4.78 is 2.23. The van der Waals surface area contributed by atoms with Gasteiger partial charge >= 0.3 is 0 Å². The average Bonchev–Trinajstić information content (AvgIpc) is 2.69. The number of aromatic nitrogens is 2. The Bertz CT molecular complexity index is 1080. The van der Waals surface area contributed by atoms with Crippen molar-refractivity contribution < 1.29 is 9.90 Å². The van der Waals surface area contributed by atoms with Crippen molar-refractivity contribution in [1.29, 1.82) is 0 Å². The molecule has 0 atom stereocenters. The Morgan fingerprint density at radius 3 is 2.45 bits per heavy atom. The number of carbonyl (C=O) groups excluding carboxylic acids is 1. The molecule has 6 nitrogen and oxygen atoms in total. The number of rotatable bonds is 6. The fourth-order valence-corrected chi connectivity index (χ4v) is 3.33. The first kappa shape index (κ1) is 21.2. The van der Waals surface area contributed by atoms with Crippen molar-refractivity contribution in [2.24, 2.45) is 0 Å². The summed E-state index contributed by atoms with van der Waals surface area (Å²) in [6.45, 7) is 1.33. The van der Waals surface area contributed by atoms with E-state index in [-0.39, 0.29) is 31.0 Å². The van der Waals surface area contributed by atoms with Gasteiger partial charge in [-0.15, -0.1) is 0 Å². The van der Waals surface area contributed by atoms with Crippen molar-refractivity contribution in [2.45, 2.75) is 19.9 Å². The van der Waals surface area contributed by atoms with Gasteiger partial charge in [0.15, 0.2) is 0 Å². The molecule has 0 bridgehead atoms. The van der Waals surface area contributed by atoms with Crippen LogP contribution in [0.1, 0.15) is 11.3 Å². The molecule has 1 heterocycles. The number of halogens is 2. The number of anilines is 1. The highest BCUT2D eigenvalue weighted by Crippen LogP contribution is 2.21. The molecule has 0 fully saturated rings. The lowest BCUT2D eigenvalue weighted by Crippen LogP contribution is -2.33. The van der Waals surface area contributed by atoms with Gasteiger partial charge < -0.3 is 10.4 Å². The SMILES string of the molecule is Cc1nc(-c2ccc(Cl)cc2)n(CC(=O)Nc2ccc(Br)cc2)c(=O)c1CCO. The molecule has 0 spiro atoms. The lowest BCUT2D eigenvalue weighted by Gasteiger charge is -2.16. The molecule has 2 N–H and O–H groups in total. The van der Waals surface area contributed by atoms with Gasteiger partial charge in [0.05, 0.1) is 0 Å². The van der Waals surface area contributed by atoms with E-state index >= 15 is 0 Å². The van der Waals surface area contributed by atoms with Crippen molar-refractivity contribution in [3.8, 4) is 11.4 Å². The van der Waals surface area contributed by atoms with Crippen LogP contribution in [0.25, 0.3) is 11.4 Å². The third-order valence-electron chi connectivity index (χ3n) is 4.36. The average molecular weight is 477 g/mol. The Labute approximate surface area is 181 Å². The summed E-state index contributed by atoms with van der Waals surface area (Å²) in [5.74, 6) is 0.0158. The molecule has 1 aromatic heterocycles. The van der Waals surface area contributed by atoms with Gasteiger partial charge in [-0.25, -0.2) is 4.98 Å². The maximum absolute atomic E-state index is 13.1. The first-order valence-electron chi connectivity index (χ1n) is 8.91. The minimum absolute atomic E-state index is 0.174. The highest BCUT2D eigenvalue weighted by atomic mass is 79.9. The van der Waals surface area contributed by atoms with Crippen LogP contribution >= 0.6 is 27.5 Å². The molecule has 150 valence electrons. The van der Waals surface area contributed by atoms with Crippen molar-refractivity contribution >= 4 is 39.1 Å². The molecule has 8 heteroatoms. The van der Waals surface area contributed by atoms with Gasteiger partial charge in [-0.2, -0.15) is 0 Å². The second-order valence-corrected chi connectivity index (χ2v) is 7.78. The molecule has 29 heavy (non-hydrogen) atoms. The van der Waals surface area contributed by atoms with E-state index in [0.29, 0.717) is 33.4 Å². The van der Waals surface area contributed by atoms with Crippen LogP contribution in [0.2, 0.25) is 5.02 Å². The molecule has 0 aliphatic carbocycles. The molecule has 0 saturated carbocycles. The maximum Gasteiger partial charge on any atom is 0.257 e. The molecule has 0 aliphatic heterocycles. The van der Waals surface area contributed by atoms with Crippen LogP contribution in [0.4, 0.5) is 5.69 Å². The standard InChI is InChI=1S/C21H19BrClN3O3/c1-13-18(10-11-27)21(29)26(20(24-13)14-2-6-16(23)7-3-14)12-19(28)25-17-8-4-15(22)5-9-17/h2-9,27H,10-12H2,1H3,(H,25,28). The molecule has 0 aliphatic rings. The number of hydrogen-bond acceptors (Lipinski definition) is 4. The molecule has 0 saturated heterocycles. The number of aliphatic hydroxyl groups is 1. The molecule has 0 radical (unpaired) electrons. The Balaban J connectivity index is 2.01. The number of amides is 1. The van der Waals surface area contributed by atoms with Gasteiger partial charge in [0, 0.05) is 45.0 Å². The van der Waals surface area contributed by atoms with Crippen LogP contribution in [0, 0.1) is 6.92 Å². The monoisotopic (exact) mass is 475 g/mol. The molecule has 2 aromatic carbocycles. The fraction of sp³-hybridized carbons (Fsp3) is 0.190. The van der Waals surface area contributed by atoms with Crippen molar-refractivity contribution in [1.82, 2.24) is 9.55 Å². The first-order valence-corrected chi connectivity index (χ1v) is 10.1. The number of carbonyl (C=O) groups is 1. The zero-order valence-corrected chi connectivity index (χ0v) is 18.0. The van der Waals surface area contributed by atoms with E-state index in [1.807, 2.05) is 12.1 Å². The van der Waals surface area contributed by atoms with E-state index in [2.05, 4.69) is 26.2 Å². The molecule has 0 unspecified atom stereocenters. The third-order valence-corrected chi connectivity index (χ3v) is 5.14. The third kappa shape index (κ3) is 5.12. The Kier molecular flexibility index (Phi) is 6.84. The van der Waals surface area contributed by atoms with E-state index in [0.717, 1.165) is 4.47 Å². The van der Waals surface area contributed by atoms with Gasteiger partial charge in [-0.05, 0) is 55.5 Å². The Morgan fingerprint density at radius 2 is 1.83 bits per heavy atom. The number of hydrogen-bond donors (Lipinski definition) is 2. The Hall–Kier alpha value is -2.48. The number of aliphatic hydroxyl groups excluding tert-OH is 1.